The maximum Gasteiger partial charge on any atom is 0.147 e. The lowest BCUT2D eigenvalue weighted by Crippen LogP contribution is -1.85. The lowest BCUT2D eigenvalue weighted by Gasteiger charge is -1.91. The van der Waals surface area contributed by atoms with Crippen LogP contribution >= 0.6 is 11.3 Å². The molecule has 0 aliphatic carbocycles. The Hall–Kier alpha value is -1.09. The number of aromatic amines is 1. The normalized spacial score (nSPS) is 10.7. The Morgan fingerprint density at radius 3 is 3.00 bits per heavy atom. The van der Waals surface area contributed by atoms with Gasteiger partial charge in [0.15, 0.2) is 0 Å². The summed E-state index contributed by atoms with van der Waals surface area (Å²) < 4.78 is 0. The molecule has 0 spiro atoms. The molecule has 1 N–H and O–H groups in total. The third-order valence-electron chi connectivity index (χ3n) is 2.23. The molecule has 2 heterocycles. The quantitative estimate of drug-likeness (QED) is 0.819. The summed E-state index contributed by atoms with van der Waals surface area (Å²) in [5.41, 5.74) is 2.41. The van der Waals surface area contributed by atoms with Gasteiger partial charge in [-0.05, 0) is 24.8 Å². The van der Waals surface area contributed by atoms with Crippen molar-refractivity contribution in [3.8, 4) is 10.7 Å². The van der Waals surface area contributed by atoms with Crippen LogP contribution in [0.25, 0.3) is 10.7 Å². The van der Waals surface area contributed by atoms with Crippen LogP contribution in [-0.4, -0.2) is 9.97 Å². The van der Waals surface area contributed by atoms with Gasteiger partial charge in [-0.15, -0.1) is 11.3 Å². The summed E-state index contributed by atoms with van der Waals surface area (Å²) in [5.74, 6) is 1.01. The number of nitrogens with zero attached hydrogens (tertiary/aromatic N) is 1. The average Bonchev–Trinajstić information content (AvgIpc) is 2.76. The first kappa shape index (κ1) is 9.46. The van der Waals surface area contributed by atoms with E-state index in [4.69, 9.17) is 0 Å². The van der Waals surface area contributed by atoms with E-state index in [-0.39, 0.29) is 0 Å². The Morgan fingerprint density at radius 1 is 1.50 bits per heavy atom. The molecule has 0 saturated heterocycles. The van der Waals surface area contributed by atoms with Crippen LogP contribution in [0.2, 0.25) is 0 Å². The fourth-order valence-corrected chi connectivity index (χ4v) is 2.18. The van der Waals surface area contributed by atoms with Crippen LogP contribution < -0.4 is 0 Å². The Bertz CT molecular complexity index is 401. The molecule has 0 saturated carbocycles. The van der Waals surface area contributed by atoms with Crippen molar-refractivity contribution < 1.29 is 0 Å². The second-order valence-corrected chi connectivity index (χ2v) is 4.33. The van der Waals surface area contributed by atoms with Gasteiger partial charge in [-0.2, -0.15) is 0 Å². The molecule has 0 unspecified atom stereocenters. The van der Waals surface area contributed by atoms with Gasteiger partial charge < -0.3 is 4.98 Å². The maximum absolute atomic E-state index is 4.60. The van der Waals surface area contributed by atoms with Crippen molar-refractivity contribution in [2.45, 2.75) is 26.7 Å². The highest BCUT2D eigenvalue weighted by atomic mass is 32.1. The van der Waals surface area contributed by atoms with Crippen molar-refractivity contribution in [1.29, 1.82) is 0 Å². The monoisotopic (exact) mass is 206 g/mol. The van der Waals surface area contributed by atoms with Crippen LogP contribution in [0.1, 0.15) is 24.7 Å². The van der Waals surface area contributed by atoms with E-state index in [1.54, 1.807) is 11.3 Å². The second kappa shape index (κ2) is 3.96. The number of H-pyrrole nitrogens is 1. The lowest BCUT2D eigenvalue weighted by molar-refractivity contribution is 0.883. The van der Waals surface area contributed by atoms with Gasteiger partial charge >= 0.3 is 0 Å². The smallest absolute Gasteiger partial charge is 0.147 e. The van der Waals surface area contributed by atoms with Gasteiger partial charge in [0.2, 0.25) is 0 Å². The molecule has 2 aromatic rings. The van der Waals surface area contributed by atoms with Gasteiger partial charge in [0.1, 0.15) is 5.82 Å². The molecular weight excluding hydrogens is 192 g/mol. The average molecular weight is 206 g/mol. The highest BCUT2D eigenvalue weighted by Crippen LogP contribution is 2.23. The van der Waals surface area contributed by atoms with Crippen molar-refractivity contribution in [2.75, 3.05) is 0 Å². The lowest BCUT2D eigenvalue weighted by atomic mass is 10.2. The van der Waals surface area contributed by atoms with Crippen LogP contribution in [0.3, 0.4) is 0 Å². The molecule has 74 valence electrons. The summed E-state index contributed by atoms with van der Waals surface area (Å²) >= 11 is 1.72. The molecule has 0 atom stereocenters. The molecule has 0 radical (unpaired) electrons. The third-order valence-corrected chi connectivity index (χ3v) is 3.10. The fraction of sp³-hybridized carbons (Fsp3) is 0.364. The van der Waals surface area contributed by atoms with Gasteiger partial charge in [0.25, 0.3) is 0 Å². The van der Waals surface area contributed by atoms with Crippen molar-refractivity contribution in [3.63, 3.8) is 0 Å². The summed E-state index contributed by atoms with van der Waals surface area (Å²) in [6.07, 6.45) is 2.21. The van der Waals surface area contributed by atoms with Gasteiger partial charge in [0.05, 0.1) is 10.6 Å². The molecule has 0 bridgehead atoms. The summed E-state index contributed by atoms with van der Waals surface area (Å²) in [6, 6.07) is 4.15. The number of hydrogen-bond acceptors (Lipinski definition) is 2. The topological polar surface area (TPSA) is 28.7 Å². The summed E-state index contributed by atoms with van der Waals surface area (Å²) in [7, 11) is 0. The second-order valence-electron chi connectivity index (χ2n) is 3.38. The molecule has 14 heavy (non-hydrogen) atoms. The van der Waals surface area contributed by atoms with E-state index in [0.29, 0.717) is 0 Å². The predicted octanol–water partition coefficient (Wildman–Crippen LogP) is 3.40. The summed E-state index contributed by atoms with van der Waals surface area (Å²) in [4.78, 5) is 9.15. The van der Waals surface area contributed by atoms with Gasteiger partial charge in [-0.3, -0.25) is 0 Å². The highest BCUT2D eigenvalue weighted by molar-refractivity contribution is 7.13. The van der Waals surface area contributed by atoms with E-state index in [1.807, 2.05) is 0 Å². The number of imidazole rings is 1. The Balaban J connectivity index is 2.33. The SMILES string of the molecule is CCCc1nc(-c2cccs2)[nH]c1C. The molecule has 0 fully saturated rings. The number of rotatable bonds is 3. The molecule has 0 aliphatic rings. The molecule has 0 aromatic carbocycles. The third kappa shape index (κ3) is 1.73. The largest absolute Gasteiger partial charge is 0.341 e. The molecular formula is C11H14N2S. The van der Waals surface area contributed by atoms with Gasteiger partial charge in [0, 0.05) is 5.69 Å². The molecule has 2 nitrogen and oxygen atoms in total. The standard InChI is InChI=1S/C11H14N2S/c1-3-5-9-8(2)12-11(13-9)10-6-4-7-14-10/h4,6-7H,3,5H2,1-2H3,(H,12,13). The number of hydrogen-bond donors (Lipinski definition) is 1. The number of thiophene rings is 1. The van der Waals surface area contributed by atoms with E-state index in [2.05, 4.69) is 41.3 Å². The zero-order chi connectivity index (χ0) is 9.97. The van der Waals surface area contributed by atoms with E-state index in [9.17, 15) is 0 Å². The van der Waals surface area contributed by atoms with Crippen LogP contribution in [0, 0.1) is 6.92 Å². The van der Waals surface area contributed by atoms with Crippen LogP contribution in [-0.2, 0) is 6.42 Å². The minimum atomic E-state index is 1.01. The number of aryl methyl sites for hydroxylation is 2. The van der Waals surface area contributed by atoms with Crippen LogP contribution in [0.15, 0.2) is 17.5 Å². The van der Waals surface area contributed by atoms with E-state index < -0.39 is 0 Å². The first-order valence-electron chi connectivity index (χ1n) is 4.90. The first-order valence-corrected chi connectivity index (χ1v) is 5.78. The summed E-state index contributed by atoms with van der Waals surface area (Å²) in [6.45, 7) is 4.27. The molecule has 3 heteroatoms. The Morgan fingerprint density at radius 2 is 2.36 bits per heavy atom. The molecule has 2 rings (SSSR count). The predicted molar refractivity (Wildman–Crippen MR) is 60.6 cm³/mol. The molecule has 2 aromatic heterocycles. The fourth-order valence-electron chi connectivity index (χ4n) is 1.51. The van der Waals surface area contributed by atoms with Crippen molar-refractivity contribution in [1.82, 2.24) is 9.97 Å². The van der Waals surface area contributed by atoms with E-state index in [0.717, 1.165) is 18.7 Å². The van der Waals surface area contributed by atoms with Gasteiger partial charge in [-0.1, -0.05) is 19.4 Å². The molecule has 0 amide bonds. The number of nitrogens with one attached hydrogen (secondary N) is 1. The Labute approximate surface area is 88.0 Å². The number of aromatic nitrogens is 2. The van der Waals surface area contributed by atoms with E-state index >= 15 is 0 Å². The Kier molecular flexibility index (Phi) is 2.68. The van der Waals surface area contributed by atoms with Crippen LogP contribution in [0.4, 0.5) is 0 Å². The van der Waals surface area contributed by atoms with E-state index in [1.165, 1.54) is 16.3 Å². The van der Waals surface area contributed by atoms with Crippen molar-refractivity contribution in [3.05, 3.63) is 28.9 Å². The summed E-state index contributed by atoms with van der Waals surface area (Å²) in [5, 5.41) is 2.08. The van der Waals surface area contributed by atoms with Crippen molar-refractivity contribution in [2.24, 2.45) is 0 Å². The van der Waals surface area contributed by atoms with Gasteiger partial charge in [-0.25, -0.2) is 4.98 Å². The van der Waals surface area contributed by atoms with Crippen molar-refractivity contribution >= 4 is 11.3 Å². The van der Waals surface area contributed by atoms with Crippen LogP contribution in [0.5, 0.6) is 0 Å². The maximum atomic E-state index is 4.60. The minimum Gasteiger partial charge on any atom is -0.341 e. The first-order chi connectivity index (χ1) is 6.81. The highest BCUT2D eigenvalue weighted by Gasteiger charge is 2.07. The zero-order valence-corrected chi connectivity index (χ0v) is 9.32. The minimum absolute atomic E-state index is 1.01. The zero-order valence-electron chi connectivity index (χ0n) is 8.50. The molecule has 0 aliphatic heterocycles.